The number of hydrogen-bond donors (Lipinski definition) is 1. The average Bonchev–Trinajstić information content (AvgIpc) is 3.10. The van der Waals surface area contributed by atoms with Crippen LogP contribution in [0.5, 0.6) is 5.75 Å². The van der Waals surface area contributed by atoms with Gasteiger partial charge >= 0.3 is 0 Å². The van der Waals surface area contributed by atoms with Gasteiger partial charge in [0, 0.05) is 30.6 Å². The fourth-order valence-corrected chi connectivity index (χ4v) is 3.31. The number of rotatable bonds is 4. The van der Waals surface area contributed by atoms with Crippen molar-refractivity contribution < 1.29 is 9.90 Å². The Balaban J connectivity index is 1.73. The molecular weight excluding hydrogens is 374 g/mol. The third-order valence-corrected chi connectivity index (χ3v) is 5.09. The normalized spacial score (nSPS) is 11.3. The Kier molecular flexibility index (Phi) is 5.11. The van der Waals surface area contributed by atoms with Gasteiger partial charge in [0.1, 0.15) is 11.4 Å². The van der Waals surface area contributed by atoms with E-state index in [1.807, 2.05) is 47.9 Å². The van der Waals surface area contributed by atoms with Crippen molar-refractivity contribution in [2.24, 2.45) is 0 Å². The van der Waals surface area contributed by atoms with E-state index in [2.05, 4.69) is 19.1 Å². The number of phenols is 1. The van der Waals surface area contributed by atoms with Crippen molar-refractivity contribution in [3.05, 3.63) is 89.8 Å². The molecule has 0 spiro atoms. The lowest BCUT2D eigenvalue weighted by Gasteiger charge is -2.15. The summed E-state index contributed by atoms with van der Waals surface area (Å²) in [6, 6.07) is 18.8. The second kappa shape index (κ2) is 7.87. The minimum atomic E-state index is -0.169. The maximum Gasteiger partial charge on any atom is 0.250 e. The van der Waals surface area contributed by atoms with Gasteiger partial charge in [-0.05, 0) is 61.9 Å². The zero-order valence-electron chi connectivity index (χ0n) is 17.2. The van der Waals surface area contributed by atoms with E-state index in [1.54, 1.807) is 37.4 Å². The molecule has 30 heavy (non-hydrogen) atoms. The largest absolute Gasteiger partial charge is 0.508 e. The van der Waals surface area contributed by atoms with Crippen LogP contribution in [0.4, 0.5) is 5.69 Å². The molecule has 1 amide bonds. The molecule has 0 bridgehead atoms. The van der Waals surface area contributed by atoms with Crippen molar-refractivity contribution >= 4 is 23.3 Å². The summed E-state index contributed by atoms with van der Waals surface area (Å²) >= 11 is 0. The Morgan fingerprint density at radius 3 is 2.40 bits per heavy atom. The number of aromatic nitrogens is 2. The number of aryl methyl sites for hydroxylation is 2. The lowest BCUT2D eigenvalue weighted by molar-refractivity contribution is -0.113. The number of fused-ring (bicyclic) bond motifs is 1. The average molecular weight is 397 g/mol. The number of nitrogens with zero attached hydrogens (tertiary/aromatic N) is 3. The van der Waals surface area contributed by atoms with E-state index in [9.17, 15) is 9.90 Å². The molecule has 0 fully saturated rings. The number of carbonyl (C=O) groups is 1. The van der Waals surface area contributed by atoms with Crippen LogP contribution < -0.4 is 4.90 Å². The molecule has 0 radical (unpaired) electrons. The maximum absolute atomic E-state index is 12.8. The molecule has 0 aliphatic carbocycles. The summed E-state index contributed by atoms with van der Waals surface area (Å²) in [5, 5.41) is 9.45. The van der Waals surface area contributed by atoms with Crippen molar-refractivity contribution in [3.8, 4) is 17.0 Å². The standard InChI is InChI=1S/C25H23N3O2/c1-17-4-6-19(7-5-17)25-22(28-15-14-18(2)16-23(28)26-25)12-13-24(30)27(3)20-8-10-21(29)11-9-20/h4-16,29H,1-3H3/b13-12+. The number of likely N-dealkylation sites (N-methyl/N-ethyl adjacent to an activating group) is 1. The predicted octanol–water partition coefficient (Wildman–Crippen LogP) is 5.00. The van der Waals surface area contributed by atoms with Gasteiger partial charge in [-0.3, -0.25) is 9.20 Å². The first-order valence-electron chi connectivity index (χ1n) is 9.73. The highest BCUT2D eigenvalue weighted by atomic mass is 16.3. The first-order valence-corrected chi connectivity index (χ1v) is 9.73. The Morgan fingerprint density at radius 1 is 1.00 bits per heavy atom. The molecule has 4 aromatic rings. The molecule has 2 heterocycles. The van der Waals surface area contributed by atoms with Crippen LogP contribution in [0.3, 0.4) is 0 Å². The van der Waals surface area contributed by atoms with E-state index in [-0.39, 0.29) is 11.7 Å². The summed E-state index contributed by atoms with van der Waals surface area (Å²) < 4.78 is 1.99. The lowest BCUT2D eigenvalue weighted by atomic mass is 10.1. The van der Waals surface area contributed by atoms with Gasteiger partial charge in [0.15, 0.2) is 0 Å². The number of carbonyl (C=O) groups excluding carboxylic acids is 1. The van der Waals surface area contributed by atoms with Crippen LogP contribution in [0.2, 0.25) is 0 Å². The quantitative estimate of drug-likeness (QED) is 0.493. The molecule has 5 heteroatoms. The van der Waals surface area contributed by atoms with Crippen molar-refractivity contribution in [2.45, 2.75) is 13.8 Å². The predicted molar refractivity (Wildman–Crippen MR) is 121 cm³/mol. The number of phenolic OH excluding ortho intramolecular Hbond substituents is 1. The van der Waals surface area contributed by atoms with E-state index in [4.69, 9.17) is 4.98 Å². The van der Waals surface area contributed by atoms with Gasteiger partial charge in [-0.15, -0.1) is 0 Å². The van der Waals surface area contributed by atoms with Gasteiger partial charge in [0.2, 0.25) is 0 Å². The van der Waals surface area contributed by atoms with E-state index in [0.717, 1.165) is 28.2 Å². The van der Waals surface area contributed by atoms with Gasteiger partial charge in [0.25, 0.3) is 5.91 Å². The smallest absolute Gasteiger partial charge is 0.250 e. The van der Waals surface area contributed by atoms with Crippen molar-refractivity contribution in [2.75, 3.05) is 11.9 Å². The molecule has 150 valence electrons. The molecule has 5 nitrogen and oxygen atoms in total. The molecule has 0 atom stereocenters. The van der Waals surface area contributed by atoms with Gasteiger partial charge in [0.05, 0.1) is 11.4 Å². The van der Waals surface area contributed by atoms with E-state index >= 15 is 0 Å². The molecule has 0 saturated heterocycles. The van der Waals surface area contributed by atoms with Gasteiger partial charge < -0.3 is 10.0 Å². The van der Waals surface area contributed by atoms with Gasteiger partial charge in [-0.25, -0.2) is 4.98 Å². The second-order valence-corrected chi connectivity index (χ2v) is 7.39. The maximum atomic E-state index is 12.8. The van der Waals surface area contributed by atoms with Crippen molar-refractivity contribution in [1.82, 2.24) is 9.38 Å². The fraction of sp³-hybridized carbons (Fsp3) is 0.120. The number of pyridine rings is 1. The van der Waals surface area contributed by atoms with Crippen LogP contribution in [0.15, 0.2) is 72.9 Å². The monoisotopic (exact) mass is 397 g/mol. The minimum absolute atomic E-state index is 0.166. The Bertz CT molecular complexity index is 1240. The van der Waals surface area contributed by atoms with Crippen molar-refractivity contribution in [3.63, 3.8) is 0 Å². The molecule has 0 aliphatic heterocycles. The molecule has 0 aliphatic rings. The van der Waals surface area contributed by atoms with Crippen LogP contribution in [0.1, 0.15) is 16.8 Å². The summed E-state index contributed by atoms with van der Waals surface area (Å²) in [7, 11) is 1.71. The molecule has 2 aromatic heterocycles. The Labute approximate surface area is 175 Å². The SMILES string of the molecule is Cc1ccc(-c2nc3cc(C)ccn3c2/C=C/C(=O)N(C)c2ccc(O)cc2)cc1. The molecule has 0 unspecified atom stereocenters. The van der Waals surface area contributed by atoms with Crippen LogP contribution in [-0.4, -0.2) is 27.4 Å². The Hall–Kier alpha value is -3.86. The van der Waals surface area contributed by atoms with E-state index < -0.39 is 0 Å². The highest BCUT2D eigenvalue weighted by Gasteiger charge is 2.14. The highest BCUT2D eigenvalue weighted by Crippen LogP contribution is 2.27. The van der Waals surface area contributed by atoms with Gasteiger partial charge in [-0.1, -0.05) is 29.8 Å². The number of benzene rings is 2. The molecule has 1 N–H and O–H groups in total. The highest BCUT2D eigenvalue weighted by molar-refractivity contribution is 6.03. The van der Waals surface area contributed by atoms with Crippen LogP contribution in [0, 0.1) is 13.8 Å². The molecule has 2 aromatic carbocycles. The fourth-order valence-electron chi connectivity index (χ4n) is 3.31. The number of anilines is 1. The summed E-state index contributed by atoms with van der Waals surface area (Å²) in [5.41, 5.74) is 6.53. The number of amides is 1. The number of hydrogen-bond acceptors (Lipinski definition) is 3. The minimum Gasteiger partial charge on any atom is -0.508 e. The zero-order valence-corrected chi connectivity index (χ0v) is 17.2. The van der Waals surface area contributed by atoms with E-state index in [1.165, 1.54) is 10.5 Å². The summed E-state index contributed by atoms with van der Waals surface area (Å²) in [6.07, 6.45) is 5.33. The topological polar surface area (TPSA) is 57.8 Å². The number of imidazole rings is 1. The first kappa shape index (κ1) is 19.5. The summed E-state index contributed by atoms with van der Waals surface area (Å²) in [5.74, 6) is -0.00323. The van der Waals surface area contributed by atoms with E-state index in [0.29, 0.717) is 5.69 Å². The Morgan fingerprint density at radius 2 is 1.70 bits per heavy atom. The second-order valence-electron chi connectivity index (χ2n) is 7.39. The molecule has 0 saturated carbocycles. The third-order valence-electron chi connectivity index (χ3n) is 5.09. The van der Waals surface area contributed by atoms with Gasteiger partial charge in [-0.2, -0.15) is 0 Å². The molecular formula is C25H23N3O2. The first-order chi connectivity index (χ1) is 14.4. The van der Waals surface area contributed by atoms with Crippen molar-refractivity contribution in [1.29, 1.82) is 0 Å². The van der Waals surface area contributed by atoms with Crippen LogP contribution in [-0.2, 0) is 4.79 Å². The van der Waals surface area contributed by atoms with Crippen LogP contribution in [0.25, 0.3) is 23.0 Å². The summed E-state index contributed by atoms with van der Waals surface area (Å²) in [4.78, 5) is 19.1. The number of aromatic hydroxyl groups is 1. The summed E-state index contributed by atoms with van der Waals surface area (Å²) in [6.45, 7) is 4.08. The third kappa shape index (κ3) is 3.82. The molecule has 4 rings (SSSR count). The van der Waals surface area contributed by atoms with Crippen LogP contribution >= 0.6 is 0 Å². The zero-order chi connectivity index (χ0) is 21.3. The lowest BCUT2D eigenvalue weighted by Crippen LogP contribution is -2.23.